The van der Waals surface area contributed by atoms with Gasteiger partial charge >= 0.3 is 12.1 Å². The van der Waals surface area contributed by atoms with Crippen molar-refractivity contribution in [3.05, 3.63) is 46.3 Å². The van der Waals surface area contributed by atoms with E-state index in [1.165, 1.54) is 0 Å². The highest BCUT2D eigenvalue weighted by molar-refractivity contribution is 5.86. The van der Waals surface area contributed by atoms with Crippen LogP contribution < -0.4 is 0 Å². The van der Waals surface area contributed by atoms with Gasteiger partial charge in [0.1, 0.15) is 0 Å². The Hall–Kier alpha value is -2.38. The van der Waals surface area contributed by atoms with E-state index in [0.717, 1.165) is 11.1 Å². The fraction of sp³-hybridized carbons (Fsp3) is 0.308. The van der Waals surface area contributed by atoms with Crippen LogP contribution in [0.4, 0.5) is 13.2 Å². The summed E-state index contributed by atoms with van der Waals surface area (Å²) < 4.78 is 39.6. The number of rotatable bonds is 3. The molecule has 2 aromatic rings. The first kappa shape index (κ1) is 15.0. The summed E-state index contributed by atoms with van der Waals surface area (Å²) in [6.45, 7) is 3.39. The van der Waals surface area contributed by atoms with E-state index in [1.807, 2.05) is 13.0 Å². The monoisotopic (exact) mass is 299 g/mol. The molecule has 21 heavy (non-hydrogen) atoms. The first-order valence-electron chi connectivity index (χ1n) is 6.00. The minimum atomic E-state index is -4.84. The molecule has 2 rings (SSSR count). The van der Waals surface area contributed by atoms with Gasteiger partial charge in [-0.3, -0.25) is 0 Å². The summed E-state index contributed by atoms with van der Waals surface area (Å²) in [4.78, 5) is 10.8. The molecule has 1 N–H and O–H groups in total. The molecule has 0 saturated heterocycles. The number of aromatic carboxylic acids is 1. The minimum Gasteiger partial charge on any atom is -0.476 e. The lowest BCUT2D eigenvalue weighted by atomic mass is 10.1. The first-order chi connectivity index (χ1) is 9.70. The Bertz CT molecular complexity index is 692. The summed E-state index contributed by atoms with van der Waals surface area (Å²) in [5.74, 6) is -1.76. The molecule has 0 fully saturated rings. The molecule has 0 unspecified atom stereocenters. The van der Waals surface area contributed by atoms with Crippen LogP contribution in [0.25, 0.3) is 0 Å². The smallest absolute Gasteiger partial charge is 0.435 e. The quantitative estimate of drug-likeness (QED) is 0.946. The second-order valence-corrected chi connectivity index (χ2v) is 4.68. The molecule has 0 bridgehead atoms. The normalized spacial score (nSPS) is 11.7. The van der Waals surface area contributed by atoms with Crippen LogP contribution >= 0.6 is 0 Å². The summed E-state index contributed by atoms with van der Waals surface area (Å²) >= 11 is 0. The number of benzene rings is 1. The van der Waals surface area contributed by atoms with Crippen molar-refractivity contribution in [2.75, 3.05) is 0 Å². The van der Waals surface area contributed by atoms with E-state index >= 15 is 0 Å². The van der Waals surface area contributed by atoms with Gasteiger partial charge in [-0.15, -0.1) is 5.10 Å². The molecular formula is C13H12F3N3O2. The Morgan fingerprint density at radius 2 is 2.00 bits per heavy atom. The molecule has 1 aromatic carbocycles. The zero-order valence-electron chi connectivity index (χ0n) is 11.3. The van der Waals surface area contributed by atoms with Crippen LogP contribution in [0.5, 0.6) is 0 Å². The summed E-state index contributed by atoms with van der Waals surface area (Å²) in [6, 6.07) is 5.36. The molecular weight excluding hydrogens is 287 g/mol. The van der Waals surface area contributed by atoms with Gasteiger partial charge in [0.25, 0.3) is 0 Å². The standard InChI is InChI=1S/C13H12F3N3O2/c1-7-3-4-8(2)9(5-7)6-19-11(13(14,15)16)10(12(20)21)17-18-19/h3-5H,6H2,1-2H3,(H,20,21). The van der Waals surface area contributed by atoms with Gasteiger partial charge < -0.3 is 5.11 Å². The zero-order chi connectivity index (χ0) is 15.8. The molecule has 8 heteroatoms. The fourth-order valence-corrected chi connectivity index (χ4v) is 1.98. The molecule has 0 atom stereocenters. The zero-order valence-corrected chi connectivity index (χ0v) is 11.3. The molecule has 0 aliphatic rings. The van der Waals surface area contributed by atoms with Crippen molar-refractivity contribution in [2.45, 2.75) is 26.6 Å². The van der Waals surface area contributed by atoms with E-state index in [-0.39, 0.29) is 6.54 Å². The number of halogens is 3. The van der Waals surface area contributed by atoms with Crippen LogP contribution in [0, 0.1) is 13.8 Å². The van der Waals surface area contributed by atoms with Crippen LogP contribution in [0.15, 0.2) is 18.2 Å². The summed E-state index contributed by atoms with van der Waals surface area (Å²) in [5.41, 5.74) is -0.130. The topological polar surface area (TPSA) is 68.0 Å². The second-order valence-electron chi connectivity index (χ2n) is 4.68. The summed E-state index contributed by atoms with van der Waals surface area (Å²) in [5, 5.41) is 15.3. The number of hydrogen-bond donors (Lipinski definition) is 1. The lowest BCUT2D eigenvalue weighted by Crippen LogP contribution is -2.19. The van der Waals surface area contributed by atoms with E-state index in [1.54, 1.807) is 19.1 Å². The summed E-state index contributed by atoms with van der Waals surface area (Å²) in [7, 11) is 0. The maximum Gasteiger partial charge on any atom is 0.435 e. The number of hydrogen-bond acceptors (Lipinski definition) is 3. The number of aryl methyl sites for hydroxylation is 2. The average molecular weight is 299 g/mol. The van der Waals surface area contributed by atoms with Crippen LogP contribution in [-0.2, 0) is 12.7 Å². The predicted octanol–water partition coefficient (Wildman–Crippen LogP) is 2.66. The van der Waals surface area contributed by atoms with Crippen molar-refractivity contribution in [2.24, 2.45) is 0 Å². The highest BCUT2D eigenvalue weighted by atomic mass is 19.4. The predicted molar refractivity (Wildman–Crippen MR) is 67.0 cm³/mol. The van der Waals surface area contributed by atoms with E-state index in [0.29, 0.717) is 10.2 Å². The first-order valence-corrected chi connectivity index (χ1v) is 6.00. The largest absolute Gasteiger partial charge is 0.476 e. The van der Waals surface area contributed by atoms with Gasteiger partial charge in [-0.1, -0.05) is 29.0 Å². The van der Waals surface area contributed by atoms with E-state index in [4.69, 9.17) is 5.11 Å². The number of aromatic nitrogens is 3. The van der Waals surface area contributed by atoms with Crippen molar-refractivity contribution in [3.8, 4) is 0 Å². The third-order valence-electron chi connectivity index (χ3n) is 3.03. The Morgan fingerprint density at radius 3 is 2.57 bits per heavy atom. The maximum atomic E-state index is 13.0. The maximum absolute atomic E-state index is 13.0. The molecule has 0 spiro atoms. The Labute approximate surface area is 118 Å². The third kappa shape index (κ3) is 3.04. The molecule has 0 aliphatic carbocycles. The number of alkyl halides is 3. The molecule has 5 nitrogen and oxygen atoms in total. The van der Waals surface area contributed by atoms with Crippen LogP contribution in [0.2, 0.25) is 0 Å². The lowest BCUT2D eigenvalue weighted by molar-refractivity contribution is -0.144. The number of nitrogens with zero attached hydrogens (tertiary/aromatic N) is 3. The van der Waals surface area contributed by atoms with Crippen molar-refractivity contribution >= 4 is 5.97 Å². The van der Waals surface area contributed by atoms with Gasteiger partial charge in [0.05, 0.1) is 6.54 Å². The van der Waals surface area contributed by atoms with Crippen LogP contribution in [0.1, 0.15) is 32.9 Å². The molecule has 1 aromatic heterocycles. The van der Waals surface area contributed by atoms with Crippen LogP contribution in [-0.4, -0.2) is 26.1 Å². The summed E-state index contributed by atoms with van der Waals surface area (Å²) in [6.07, 6.45) is -4.84. The Morgan fingerprint density at radius 1 is 1.33 bits per heavy atom. The molecule has 112 valence electrons. The highest BCUT2D eigenvalue weighted by Crippen LogP contribution is 2.31. The molecule has 0 saturated carbocycles. The van der Waals surface area contributed by atoms with Crippen LogP contribution in [0.3, 0.4) is 0 Å². The number of carbonyl (C=O) groups is 1. The SMILES string of the molecule is Cc1ccc(C)c(Cn2nnc(C(=O)O)c2C(F)(F)F)c1. The van der Waals surface area contributed by atoms with Gasteiger partial charge in [-0.05, 0) is 25.0 Å². The highest BCUT2D eigenvalue weighted by Gasteiger charge is 2.41. The van der Waals surface area contributed by atoms with E-state index in [9.17, 15) is 18.0 Å². The Balaban J connectivity index is 2.50. The van der Waals surface area contributed by atoms with Gasteiger partial charge in [-0.2, -0.15) is 13.2 Å². The van der Waals surface area contributed by atoms with E-state index < -0.39 is 23.5 Å². The van der Waals surface area contributed by atoms with Crippen molar-refractivity contribution in [1.82, 2.24) is 15.0 Å². The Kier molecular flexibility index (Phi) is 3.71. The third-order valence-corrected chi connectivity index (χ3v) is 3.03. The molecule has 0 amide bonds. The van der Waals surface area contributed by atoms with E-state index in [2.05, 4.69) is 10.3 Å². The van der Waals surface area contributed by atoms with Crippen molar-refractivity contribution < 1.29 is 23.1 Å². The second kappa shape index (κ2) is 5.19. The molecule has 0 radical (unpaired) electrons. The lowest BCUT2D eigenvalue weighted by Gasteiger charge is -2.12. The van der Waals surface area contributed by atoms with Gasteiger partial charge in [-0.25, -0.2) is 9.48 Å². The van der Waals surface area contributed by atoms with Gasteiger partial charge in [0.2, 0.25) is 5.69 Å². The molecule has 1 heterocycles. The average Bonchev–Trinajstić information content (AvgIpc) is 2.77. The number of carboxylic acid groups (broad SMARTS) is 1. The number of carboxylic acids is 1. The van der Waals surface area contributed by atoms with Gasteiger partial charge in [0, 0.05) is 0 Å². The van der Waals surface area contributed by atoms with Gasteiger partial charge in [0.15, 0.2) is 5.69 Å². The fourth-order valence-electron chi connectivity index (χ4n) is 1.98. The van der Waals surface area contributed by atoms with Crippen molar-refractivity contribution in [1.29, 1.82) is 0 Å². The molecule has 0 aliphatic heterocycles. The minimum absolute atomic E-state index is 0.192. The van der Waals surface area contributed by atoms with Crippen molar-refractivity contribution in [3.63, 3.8) is 0 Å².